The van der Waals surface area contributed by atoms with Crippen LogP contribution in [0.2, 0.25) is 0 Å². The van der Waals surface area contributed by atoms with E-state index >= 15 is 0 Å². The van der Waals surface area contributed by atoms with Gasteiger partial charge in [-0.05, 0) is 55.3 Å². The number of hydrogen-bond acceptors (Lipinski definition) is 4. The Kier molecular flexibility index (Phi) is 3.71. The fourth-order valence-corrected chi connectivity index (χ4v) is 4.98. The molecule has 0 bridgehead atoms. The first-order valence-corrected chi connectivity index (χ1v) is 10.6. The van der Waals surface area contributed by atoms with Crippen LogP contribution in [0.1, 0.15) is 11.1 Å². The third-order valence-electron chi connectivity index (χ3n) is 5.52. The summed E-state index contributed by atoms with van der Waals surface area (Å²) in [6, 6.07) is 12.9. The van der Waals surface area contributed by atoms with Gasteiger partial charge in [-0.15, -0.1) is 0 Å². The number of aromatic amines is 1. The number of nitrogens with one attached hydrogen (secondary N) is 1. The van der Waals surface area contributed by atoms with Crippen molar-refractivity contribution in [1.82, 2.24) is 8.96 Å². The van der Waals surface area contributed by atoms with Gasteiger partial charge in [-0.2, -0.15) is 8.42 Å². The molecule has 0 amide bonds. The minimum Gasteiger partial charge on any atom is -0.354 e. The molecule has 7 nitrogen and oxygen atoms in total. The number of hydrogen-bond donors (Lipinski definition) is 2. The number of aromatic nitrogens is 2. The summed E-state index contributed by atoms with van der Waals surface area (Å²) in [5, 5.41) is 0.974. The number of benzene rings is 3. The molecule has 0 radical (unpaired) electrons. The number of para-hydroxylation sites is 1. The quantitative estimate of drug-likeness (QED) is 0.319. The minimum absolute atomic E-state index is 0.0387. The van der Waals surface area contributed by atoms with Gasteiger partial charge in [-0.3, -0.25) is 14.1 Å². The lowest BCUT2D eigenvalue weighted by atomic mass is 10.00. The molecule has 150 valence electrons. The summed E-state index contributed by atoms with van der Waals surface area (Å²) in [4.78, 5) is 29.7. The molecule has 0 aliphatic rings. The van der Waals surface area contributed by atoms with Crippen molar-refractivity contribution in [3.63, 3.8) is 0 Å². The SMILES string of the molecule is Cc1ccc2c(=O)c3cc4c(c(C)c3[nH]c2c1)c(=O)c1ccccc1n4S(=O)(=O)O. The van der Waals surface area contributed by atoms with Gasteiger partial charge in [-0.25, -0.2) is 3.97 Å². The van der Waals surface area contributed by atoms with Crippen LogP contribution in [0.15, 0.2) is 58.1 Å². The zero-order chi connectivity index (χ0) is 21.4. The minimum atomic E-state index is -4.75. The molecule has 5 rings (SSSR count). The van der Waals surface area contributed by atoms with Crippen LogP contribution < -0.4 is 10.9 Å². The summed E-state index contributed by atoms with van der Waals surface area (Å²) in [5.74, 6) is 0. The number of rotatable bonds is 1. The smallest absolute Gasteiger partial charge is 0.354 e. The van der Waals surface area contributed by atoms with Crippen molar-refractivity contribution in [1.29, 1.82) is 0 Å². The number of nitrogens with zero attached hydrogens (tertiary/aromatic N) is 1. The zero-order valence-corrected chi connectivity index (χ0v) is 16.9. The van der Waals surface area contributed by atoms with E-state index in [1.54, 1.807) is 25.1 Å². The summed E-state index contributed by atoms with van der Waals surface area (Å²) in [6.07, 6.45) is 0. The predicted octanol–water partition coefficient (Wildman–Crippen LogP) is 3.42. The standard InChI is InChI=1S/C22H16N2O5S/c1-11-7-8-13-16(9-11)23-20-12(2)19-18(10-15(20)21(13)25)24(30(27,28)29)17-6-4-3-5-14(17)22(19)26/h3-10H,1-2H3,(H,23,25)(H,27,28,29). The Balaban J connectivity index is 2.17. The van der Waals surface area contributed by atoms with Gasteiger partial charge in [0.15, 0.2) is 10.9 Å². The van der Waals surface area contributed by atoms with Gasteiger partial charge in [0, 0.05) is 16.2 Å². The Labute approximate surface area is 170 Å². The Morgan fingerprint density at radius 2 is 1.60 bits per heavy atom. The lowest BCUT2D eigenvalue weighted by Gasteiger charge is -2.15. The lowest BCUT2D eigenvalue weighted by molar-refractivity contribution is 0.476. The van der Waals surface area contributed by atoms with E-state index in [1.165, 1.54) is 18.2 Å². The zero-order valence-electron chi connectivity index (χ0n) is 16.1. The number of H-pyrrole nitrogens is 1. The van der Waals surface area contributed by atoms with Crippen LogP contribution >= 0.6 is 0 Å². The van der Waals surface area contributed by atoms with E-state index in [0.717, 1.165) is 5.56 Å². The molecule has 2 heterocycles. The molecule has 2 N–H and O–H groups in total. The molecule has 8 heteroatoms. The number of pyridine rings is 2. The predicted molar refractivity (Wildman–Crippen MR) is 118 cm³/mol. The van der Waals surface area contributed by atoms with E-state index in [0.29, 0.717) is 26.0 Å². The molecule has 0 aliphatic heterocycles. The van der Waals surface area contributed by atoms with Crippen LogP contribution in [-0.4, -0.2) is 21.9 Å². The Morgan fingerprint density at radius 3 is 2.33 bits per heavy atom. The van der Waals surface area contributed by atoms with E-state index in [2.05, 4.69) is 4.98 Å². The average molecular weight is 420 g/mol. The largest absolute Gasteiger partial charge is 0.364 e. The fraction of sp³-hybridized carbons (Fsp3) is 0.0909. The molecular formula is C22H16N2O5S. The Hall–Kier alpha value is -3.49. The van der Waals surface area contributed by atoms with Crippen molar-refractivity contribution in [3.05, 3.63) is 80.1 Å². The van der Waals surface area contributed by atoms with E-state index in [-0.39, 0.29) is 38.0 Å². The molecule has 0 saturated carbocycles. The highest BCUT2D eigenvalue weighted by molar-refractivity contribution is 7.84. The maximum Gasteiger partial charge on any atom is 0.364 e. The van der Waals surface area contributed by atoms with Gasteiger partial charge in [0.05, 0.1) is 27.5 Å². The Morgan fingerprint density at radius 1 is 0.867 bits per heavy atom. The average Bonchev–Trinajstić information content (AvgIpc) is 2.68. The van der Waals surface area contributed by atoms with E-state index < -0.39 is 10.3 Å². The van der Waals surface area contributed by atoms with Crippen LogP contribution in [0.3, 0.4) is 0 Å². The first kappa shape index (κ1) is 18.5. The molecule has 0 spiro atoms. The molecular weight excluding hydrogens is 404 g/mol. The van der Waals surface area contributed by atoms with Crippen LogP contribution in [0.25, 0.3) is 43.6 Å². The molecule has 0 atom stereocenters. The second-order valence-electron chi connectivity index (χ2n) is 7.41. The van der Waals surface area contributed by atoms with Crippen molar-refractivity contribution in [2.75, 3.05) is 0 Å². The maximum atomic E-state index is 13.3. The lowest BCUT2D eigenvalue weighted by Crippen LogP contribution is -2.19. The number of aryl methyl sites for hydroxylation is 2. The summed E-state index contributed by atoms with van der Waals surface area (Å²) in [6.45, 7) is 3.57. The molecule has 0 unspecified atom stereocenters. The van der Waals surface area contributed by atoms with E-state index in [4.69, 9.17) is 0 Å². The monoisotopic (exact) mass is 420 g/mol. The highest BCUT2D eigenvalue weighted by Gasteiger charge is 2.22. The van der Waals surface area contributed by atoms with Crippen molar-refractivity contribution >= 4 is 53.9 Å². The third-order valence-corrected chi connectivity index (χ3v) is 6.38. The van der Waals surface area contributed by atoms with Crippen molar-refractivity contribution in [2.24, 2.45) is 0 Å². The molecule has 0 saturated heterocycles. The second kappa shape index (κ2) is 6.01. The van der Waals surface area contributed by atoms with Crippen molar-refractivity contribution in [3.8, 4) is 0 Å². The van der Waals surface area contributed by atoms with Crippen LogP contribution in [-0.2, 0) is 10.3 Å². The molecule has 3 aromatic carbocycles. The Bertz CT molecular complexity index is 1780. The van der Waals surface area contributed by atoms with E-state index in [1.807, 2.05) is 19.1 Å². The molecule has 30 heavy (non-hydrogen) atoms. The normalized spacial score (nSPS) is 12.4. The highest BCUT2D eigenvalue weighted by atomic mass is 32.2. The molecule has 5 aromatic rings. The summed E-state index contributed by atoms with van der Waals surface area (Å²) in [5.41, 5.74) is 1.85. The molecule has 0 aliphatic carbocycles. The van der Waals surface area contributed by atoms with Gasteiger partial charge < -0.3 is 4.98 Å². The first-order chi connectivity index (χ1) is 14.2. The molecule has 2 aromatic heterocycles. The van der Waals surface area contributed by atoms with Crippen molar-refractivity contribution < 1.29 is 13.0 Å². The summed E-state index contributed by atoms with van der Waals surface area (Å²) in [7, 11) is -4.75. The van der Waals surface area contributed by atoms with Crippen LogP contribution in [0, 0.1) is 13.8 Å². The van der Waals surface area contributed by atoms with Crippen LogP contribution in [0.5, 0.6) is 0 Å². The van der Waals surface area contributed by atoms with Gasteiger partial charge in [0.1, 0.15) is 0 Å². The molecule has 0 fully saturated rings. The summed E-state index contributed by atoms with van der Waals surface area (Å²) < 4.78 is 35.2. The summed E-state index contributed by atoms with van der Waals surface area (Å²) >= 11 is 0. The topological polar surface area (TPSA) is 109 Å². The van der Waals surface area contributed by atoms with Crippen molar-refractivity contribution in [2.45, 2.75) is 13.8 Å². The highest BCUT2D eigenvalue weighted by Crippen LogP contribution is 2.28. The first-order valence-electron chi connectivity index (χ1n) is 9.20. The van der Waals surface area contributed by atoms with E-state index in [9.17, 15) is 22.6 Å². The van der Waals surface area contributed by atoms with Gasteiger partial charge >= 0.3 is 10.3 Å². The fourth-order valence-electron chi connectivity index (χ4n) is 4.18. The van der Waals surface area contributed by atoms with Gasteiger partial charge in [-0.1, -0.05) is 18.2 Å². The maximum absolute atomic E-state index is 13.3. The number of fused-ring (bicyclic) bond motifs is 4. The third kappa shape index (κ3) is 2.44. The second-order valence-corrected chi connectivity index (χ2v) is 8.67. The van der Waals surface area contributed by atoms with Gasteiger partial charge in [0.25, 0.3) is 0 Å². The van der Waals surface area contributed by atoms with Gasteiger partial charge in [0.2, 0.25) is 0 Å². The van der Waals surface area contributed by atoms with Crippen LogP contribution in [0.4, 0.5) is 0 Å².